The lowest BCUT2D eigenvalue weighted by atomic mass is 9.85. The van der Waals surface area contributed by atoms with E-state index in [1.165, 1.54) is 7.11 Å². The van der Waals surface area contributed by atoms with E-state index >= 15 is 0 Å². The molecule has 3 rings (SSSR count). The number of aliphatic hydroxyl groups excluding tert-OH is 1. The lowest BCUT2D eigenvalue weighted by molar-refractivity contribution is -0.141. The Morgan fingerprint density at radius 2 is 1.58 bits per heavy atom. The lowest BCUT2D eigenvalue weighted by Gasteiger charge is -2.17. The van der Waals surface area contributed by atoms with Gasteiger partial charge in [0.05, 0.1) is 40.5 Å². The SMILES string of the molecule is COc1ccc(C[C@H]2COC(=O)[C@@H]2Cc2ccc(OC(=O)NCCO)c(OC)c2)cc1OC. The number of amides is 1. The number of benzene rings is 2. The van der Waals surface area contributed by atoms with Crippen molar-refractivity contribution in [3.8, 4) is 23.0 Å². The molecule has 1 saturated heterocycles. The Balaban J connectivity index is 1.71. The molecule has 0 radical (unpaired) electrons. The number of carbonyl (C=O) groups excluding carboxylic acids is 2. The van der Waals surface area contributed by atoms with E-state index in [0.717, 1.165) is 11.1 Å². The van der Waals surface area contributed by atoms with Gasteiger partial charge in [-0.1, -0.05) is 12.1 Å². The van der Waals surface area contributed by atoms with E-state index in [2.05, 4.69) is 5.32 Å². The first-order valence-electron chi connectivity index (χ1n) is 10.6. The van der Waals surface area contributed by atoms with E-state index in [1.807, 2.05) is 18.2 Å². The Bertz CT molecular complexity index is 977. The minimum Gasteiger partial charge on any atom is -0.493 e. The summed E-state index contributed by atoms with van der Waals surface area (Å²) < 4.78 is 26.6. The van der Waals surface area contributed by atoms with Crippen LogP contribution < -0.4 is 24.3 Å². The number of rotatable bonds is 10. The Morgan fingerprint density at radius 1 is 0.970 bits per heavy atom. The summed E-state index contributed by atoms with van der Waals surface area (Å²) in [5.41, 5.74) is 1.88. The standard InChI is InChI=1S/C24H29NO8/c1-29-19-6-4-15(12-21(19)30-2)10-17-14-32-23(27)18(17)11-16-5-7-20(22(13-16)31-3)33-24(28)25-8-9-26/h4-7,12-13,17-18,26H,8-11,14H2,1-3H3,(H,25,28)/t17-,18+/m0/s1. The smallest absolute Gasteiger partial charge is 0.412 e. The normalized spacial score (nSPS) is 17.3. The maximum Gasteiger partial charge on any atom is 0.412 e. The van der Waals surface area contributed by atoms with Crippen molar-refractivity contribution in [3.05, 3.63) is 47.5 Å². The van der Waals surface area contributed by atoms with Crippen molar-refractivity contribution in [2.75, 3.05) is 41.1 Å². The van der Waals surface area contributed by atoms with Gasteiger partial charge >= 0.3 is 12.1 Å². The van der Waals surface area contributed by atoms with Gasteiger partial charge in [-0.3, -0.25) is 4.79 Å². The quantitative estimate of drug-likeness (QED) is 0.521. The van der Waals surface area contributed by atoms with Crippen LogP contribution in [0.15, 0.2) is 36.4 Å². The zero-order valence-electron chi connectivity index (χ0n) is 19.0. The molecule has 9 heteroatoms. The molecule has 0 unspecified atom stereocenters. The summed E-state index contributed by atoms with van der Waals surface area (Å²) in [5, 5.41) is 11.2. The number of hydrogen-bond donors (Lipinski definition) is 2. The van der Waals surface area contributed by atoms with E-state index in [-0.39, 0.29) is 36.7 Å². The number of carbonyl (C=O) groups is 2. The highest BCUT2D eigenvalue weighted by Gasteiger charge is 2.37. The van der Waals surface area contributed by atoms with Crippen LogP contribution in [0, 0.1) is 11.8 Å². The van der Waals surface area contributed by atoms with E-state index in [9.17, 15) is 9.59 Å². The second-order valence-corrected chi connectivity index (χ2v) is 7.62. The molecule has 0 bridgehead atoms. The number of hydrogen-bond acceptors (Lipinski definition) is 8. The summed E-state index contributed by atoms with van der Waals surface area (Å²) >= 11 is 0. The fourth-order valence-electron chi connectivity index (χ4n) is 3.84. The van der Waals surface area contributed by atoms with Crippen LogP contribution in [-0.2, 0) is 22.4 Å². The molecule has 1 amide bonds. The molecule has 0 aliphatic carbocycles. The van der Waals surface area contributed by atoms with E-state index in [0.29, 0.717) is 36.7 Å². The molecule has 178 valence electrons. The number of nitrogens with one attached hydrogen (secondary N) is 1. The third kappa shape index (κ3) is 6.07. The second-order valence-electron chi connectivity index (χ2n) is 7.62. The molecule has 0 saturated carbocycles. The molecule has 0 aromatic heterocycles. The van der Waals surface area contributed by atoms with Crippen LogP contribution in [0.25, 0.3) is 0 Å². The van der Waals surface area contributed by atoms with Crippen molar-refractivity contribution in [1.82, 2.24) is 5.32 Å². The predicted molar refractivity (Wildman–Crippen MR) is 119 cm³/mol. The summed E-state index contributed by atoms with van der Waals surface area (Å²) in [6.07, 6.45) is 0.425. The van der Waals surface area contributed by atoms with Gasteiger partial charge in [0.25, 0.3) is 0 Å². The number of aliphatic hydroxyl groups is 1. The highest BCUT2D eigenvalue weighted by atomic mass is 16.6. The molecule has 1 aliphatic rings. The molecule has 1 aliphatic heterocycles. The van der Waals surface area contributed by atoms with Crippen molar-refractivity contribution < 1.29 is 38.4 Å². The summed E-state index contributed by atoms with van der Waals surface area (Å²) in [4.78, 5) is 24.2. The molecule has 9 nitrogen and oxygen atoms in total. The second kappa shape index (κ2) is 11.4. The average molecular weight is 459 g/mol. The average Bonchev–Trinajstić information content (AvgIpc) is 3.17. The fraction of sp³-hybridized carbons (Fsp3) is 0.417. The lowest BCUT2D eigenvalue weighted by Crippen LogP contribution is -2.29. The Morgan fingerprint density at radius 3 is 2.21 bits per heavy atom. The highest BCUT2D eigenvalue weighted by molar-refractivity contribution is 5.75. The van der Waals surface area contributed by atoms with Crippen molar-refractivity contribution in [2.45, 2.75) is 12.8 Å². The third-order valence-electron chi connectivity index (χ3n) is 5.52. The maximum atomic E-state index is 12.5. The number of methoxy groups -OCH3 is 3. The summed E-state index contributed by atoms with van der Waals surface area (Å²) in [6.45, 7) is 0.249. The molecule has 2 atom stereocenters. The van der Waals surface area contributed by atoms with Gasteiger partial charge in [-0.05, 0) is 48.2 Å². The minimum atomic E-state index is -0.690. The molecular weight excluding hydrogens is 430 g/mol. The van der Waals surface area contributed by atoms with Crippen LogP contribution in [-0.4, -0.2) is 58.3 Å². The van der Waals surface area contributed by atoms with E-state index in [4.69, 9.17) is 28.8 Å². The first-order chi connectivity index (χ1) is 16.0. The van der Waals surface area contributed by atoms with Crippen molar-refractivity contribution in [1.29, 1.82) is 0 Å². The number of esters is 1. The summed E-state index contributed by atoms with van der Waals surface area (Å²) in [6, 6.07) is 10.9. The van der Waals surface area contributed by atoms with Gasteiger partial charge in [-0.25, -0.2) is 4.79 Å². The van der Waals surface area contributed by atoms with Crippen LogP contribution >= 0.6 is 0 Å². The highest BCUT2D eigenvalue weighted by Crippen LogP contribution is 2.35. The molecule has 1 fully saturated rings. The van der Waals surface area contributed by atoms with Gasteiger partial charge in [0, 0.05) is 12.5 Å². The van der Waals surface area contributed by atoms with Gasteiger partial charge < -0.3 is 34.1 Å². The van der Waals surface area contributed by atoms with E-state index in [1.54, 1.807) is 32.4 Å². The zero-order valence-corrected chi connectivity index (χ0v) is 19.0. The van der Waals surface area contributed by atoms with Gasteiger partial charge in [0.1, 0.15) is 0 Å². The van der Waals surface area contributed by atoms with E-state index < -0.39 is 6.09 Å². The number of cyclic esters (lactones) is 1. The van der Waals surface area contributed by atoms with Crippen molar-refractivity contribution >= 4 is 12.1 Å². The monoisotopic (exact) mass is 459 g/mol. The van der Waals surface area contributed by atoms with Crippen LogP contribution in [0.5, 0.6) is 23.0 Å². The Labute approximate surface area is 192 Å². The predicted octanol–water partition coefficient (Wildman–Crippen LogP) is 2.37. The third-order valence-corrected chi connectivity index (χ3v) is 5.52. The zero-order chi connectivity index (χ0) is 23.8. The molecule has 2 aromatic rings. The van der Waals surface area contributed by atoms with Crippen LogP contribution in [0.1, 0.15) is 11.1 Å². The Kier molecular flexibility index (Phi) is 8.37. The van der Waals surface area contributed by atoms with Gasteiger partial charge in [-0.15, -0.1) is 0 Å². The van der Waals surface area contributed by atoms with Crippen molar-refractivity contribution in [3.63, 3.8) is 0 Å². The van der Waals surface area contributed by atoms with Gasteiger partial charge in [0.15, 0.2) is 23.0 Å². The van der Waals surface area contributed by atoms with Crippen molar-refractivity contribution in [2.24, 2.45) is 11.8 Å². The maximum absolute atomic E-state index is 12.5. The first kappa shape index (κ1) is 24.2. The minimum absolute atomic E-state index is 0.00165. The molecule has 33 heavy (non-hydrogen) atoms. The molecule has 1 heterocycles. The first-order valence-corrected chi connectivity index (χ1v) is 10.6. The van der Waals surface area contributed by atoms with Gasteiger partial charge in [-0.2, -0.15) is 0 Å². The number of ether oxygens (including phenoxy) is 5. The molecular formula is C24H29NO8. The van der Waals surface area contributed by atoms with Crippen LogP contribution in [0.3, 0.4) is 0 Å². The topological polar surface area (TPSA) is 113 Å². The molecule has 2 aromatic carbocycles. The van der Waals surface area contributed by atoms with Gasteiger partial charge in [0.2, 0.25) is 0 Å². The van der Waals surface area contributed by atoms with Crippen LogP contribution in [0.2, 0.25) is 0 Å². The summed E-state index contributed by atoms with van der Waals surface area (Å²) in [7, 11) is 4.65. The molecule has 0 spiro atoms. The Hall–Kier alpha value is -3.46. The largest absolute Gasteiger partial charge is 0.493 e. The van der Waals surface area contributed by atoms with Crippen LogP contribution in [0.4, 0.5) is 4.79 Å². The fourth-order valence-corrected chi connectivity index (χ4v) is 3.84. The summed E-state index contributed by atoms with van der Waals surface area (Å²) in [5.74, 6) is 1.35. The molecule has 2 N–H and O–H groups in total.